The molecule has 11 heteroatoms. The van der Waals surface area contributed by atoms with Crippen molar-refractivity contribution in [2.24, 2.45) is 5.92 Å². The summed E-state index contributed by atoms with van der Waals surface area (Å²) < 4.78 is 24.6. The molecule has 0 unspecified atom stereocenters. The standard InChI is InChI=1S/C17H17Cl2N5O2S2/c1-28(25,26)24-8-5-11(6-9-24)2-3-12-15(19)13(4-7-21-12)27-17-16(20)23-14(18)10-22-17/h4,7,10-11H,5-6,8-9H2,1H3,(H2,20,23). The minimum absolute atomic E-state index is 0.102. The fourth-order valence-corrected chi connectivity index (χ4v) is 4.71. The minimum Gasteiger partial charge on any atom is -0.381 e. The third kappa shape index (κ3) is 5.27. The van der Waals surface area contributed by atoms with Gasteiger partial charge in [0.25, 0.3) is 0 Å². The van der Waals surface area contributed by atoms with Crippen molar-refractivity contribution in [1.82, 2.24) is 19.3 Å². The molecule has 1 aliphatic heterocycles. The van der Waals surface area contributed by atoms with E-state index in [1.165, 1.54) is 28.5 Å². The Bertz CT molecular complexity index is 1050. The molecule has 0 amide bonds. The molecule has 2 aromatic rings. The topological polar surface area (TPSA) is 102 Å². The van der Waals surface area contributed by atoms with E-state index >= 15 is 0 Å². The minimum atomic E-state index is -3.15. The van der Waals surface area contributed by atoms with Gasteiger partial charge in [-0.2, -0.15) is 0 Å². The number of rotatable bonds is 3. The maximum Gasteiger partial charge on any atom is 0.211 e. The van der Waals surface area contributed by atoms with Crippen LogP contribution in [-0.4, -0.2) is 47.0 Å². The van der Waals surface area contributed by atoms with Crippen LogP contribution in [0.4, 0.5) is 5.82 Å². The monoisotopic (exact) mass is 457 g/mol. The van der Waals surface area contributed by atoms with E-state index in [1.807, 2.05) is 0 Å². The van der Waals surface area contributed by atoms with Crippen LogP contribution in [-0.2, 0) is 10.0 Å². The van der Waals surface area contributed by atoms with Crippen LogP contribution in [0.25, 0.3) is 0 Å². The summed E-state index contributed by atoms with van der Waals surface area (Å²) in [5, 5.41) is 1.12. The van der Waals surface area contributed by atoms with Gasteiger partial charge in [0, 0.05) is 30.1 Å². The van der Waals surface area contributed by atoms with Crippen LogP contribution in [0, 0.1) is 17.8 Å². The fourth-order valence-electron chi connectivity index (χ4n) is 2.65. The molecule has 2 aromatic heterocycles. The third-order valence-electron chi connectivity index (χ3n) is 4.11. The summed E-state index contributed by atoms with van der Waals surface area (Å²) in [6.45, 7) is 0.952. The first-order chi connectivity index (χ1) is 13.2. The van der Waals surface area contributed by atoms with E-state index < -0.39 is 10.0 Å². The number of hydrogen-bond donors (Lipinski definition) is 1. The average Bonchev–Trinajstić information content (AvgIpc) is 2.64. The number of nitrogen functional groups attached to an aromatic ring is 1. The van der Waals surface area contributed by atoms with Crippen molar-refractivity contribution in [2.75, 3.05) is 25.1 Å². The van der Waals surface area contributed by atoms with E-state index in [0.29, 0.717) is 46.6 Å². The molecule has 3 heterocycles. The van der Waals surface area contributed by atoms with Gasteiger partial charge >= 0.3 is 0 Å². The van der Waals surface area contributed by atoms with Crippen molar-refractivity contribution in [3.63, 3.8) is 0 Å². The Morgan fingerprint density at radius 3 is 2.64 bits per heavy atom. The molecule has 148 valence electrons. The van der Waals surface area contributed by atoms with Crippen LogP contribution < -0.4 is 5.73 Å². The van der Waals surface area contributed by atoms with Gasteiger partial charge in [-0.15, -0.1) is 0 Å². The molecular formula is C17H17Cl2N5O2S2. The van der Waals surface area contributed by atoms with Gasteiger partial charge in [0.15, 0.2) is 5.82 Å². The molecule has 1 saturated heterocycles. The zero-order chi connectivity index (χ0) is 20.3. The fraction of sp³-hybridized carbons (Fsp3) is 0.353. The van der Waals surface area contributed by atoms with Gasteiger partial charge < -0.3 is 5.73 Å². The van der Waals surface area contributed by atoms with Gasteiger partial charge in [0.1, 0.15) is 15.9 Å². The second-order valence-corrected chi connectivity index (χ2v) is 9.94. The van der Waals surface area contributed by atoms with E-state index in [9.17, 15) is 8.42 Å². The summed E-state index contributed by atoms with van der Waals surface area (Å²) in [6, 6.07) is 1.75. The van der Waals surface area contributed by atoms with Crippen molar-refractivity contribution in [2.45, 2.75) is 22.8 Å². The molecule has 28 heavy (non-hydrogen) atoms. The Morgan fingerprint density at radius 1 is 1.29 bits per heavy atom. The predicted molar refractivity (Wildman–Crippen MR) is 111 cm³/mol. The normalized spacial score (nSPS) is 15.8. The Morgan fingerprint density at radius 2 is 2.00 bits per heavy atom. The summed E-state index contributed by atoms with van der Waals surface area (Å²) >= 11 is 13.5. The first-order valence-corrected chi connectivity index (χ1v) is 11.7. The summed E-state index contributed by atoms with van der Waals surface area (Å²) in [7, 11) is -3.15. The van der Waals surface area contributed by atoms with E-state index in [1.54, 1.807) is 12.3 Å². The maximum atomic E-state index is 11.6. The highest BCUT2D eigenvalue weighted by atomic mass is 35.5. The largest absolute Gasteiger partial charge is 0.381 e. The zero-order valence-corrected chi connectivity index (χ0v) is 18.0. The summed E-state index contributed by atoms with van der Waals surface area (Å²) in [6.07, 6.45) is 5.62. The number of hydrogen-bond acceptors (Lipinski definition) is 7. The lowest BCUT2D eigenvalue weighted by Crippen LogP contribution is -2.37. The first-order valence-electron chi connectivity index (χ1n) is 8.31. The van der Waals surface area contributed by atoms with Gasteiger partial charge in [-0.3, -0.25) is 0 Å². The van der Waals surface area contributed by atoms with Gasteiger partial charge in [0.05, 0.1) is 17.5 Å². The Balaban J connectivity index is 1.73. The molecule has 0 aliphatic carbocycles. The number of halogens is 2. The van der Waals surface area contributed by atoms with Crippen LogP contribution in [0.3, 0.4) is 0 Å². The molecule has 0 radical (unpaired) electrons. The number of sulfonamides is 1. The summed E-state index contributed by atoms with van der Waals surface area (Å²) in [4.78, 5) is 13.1. The molecule has 1 aliphatic rings. The molecule has 7 nitrogen and oxygen atoms in total. The van der Waals surface area contributed by atoms with Gasteiger partial charge in [-0.05, 0) is 24.8 Å². The number of aromatic nitrogens is 3. The summed E-state index contributed by atoms with van der Waals surface area (Å²) in [5.74, 6) is 6.51. The maximum absolute atomic E-state index is 11.6. The van der Waals surface area contributed by atoms with Gasteiger partial charge in [0.2, 0.25) is 10.0 Å². The van der Waals surface area contributed by atoms with E-state index in [4.69, 9.17) is 28.9 Å². The number of piperidine rings is 1. The van der Waals surface area contributed by atoms with Crippen molar-refractivity contribution in [1.29, 1.82) is 0 Å². The molecule has 0 spiro atoms. The highest BCUT2D eigenvalue weighted by Crippen LogP contribution is 2.35. The van der Waals surface area contributed by atoms with Crippen LogP contribution in [0.1, 0.15) is 18.5 Å². The SMILES string of the molecule is CS(=O)(=O)N1CCC(C#Cc2nccc(Sc3ncc(Cl)nc3N)c2Cl)CC1. The molecule has 0 bridgehead atoms. The number of nitrogens with two attached hydrogens (primary N) is 1. The lowest BCUT2D eigenvalue weighted by molar-refractivity contribution is 0.313. The molecule has 3 rings (SSSR count). The molecule has 0 atom stereocenters. The molecule has 0 aromatic carbocycles. The number of pyridine rings is 1. The van der Waals surface area contributed by atoms with Crippen LogP contribution in [0.15, 0.2) is 28.4 Å². The van der Waals surface area contributed by atoms with E-state index in [0.717, 1.165) is 0 Å². The van der Waals surface area contributed by atoms with Gasteiger partial charge in [-0.1, -0.05) is 40.9 Å². The Kier molecular flexibility index (Phi) is 6.68. The lowest BCUT2D eigenvalue weighted by atomic mass is 9.99. The lowest BCUT2D eigenvalue weighted by Gasteiger charge is -2.27. The molecular weight excluding hydrogens is 441 g/mol. The first kappa shape index (κ1) is 21.1. The second kappa shape index (κ2) is 8.84. The Labute approximate surface area is 178 Å². The highest BCUT2D eigenvalue weighted by molar-refractivity contribution is 7.99. The highest BCUT2D eigenvalue weighted by Gasteiger charge is 2.23. The van der Waals surface area contributed by atoms with Crippen molar-refractivity contribution in [3.05, 3.63) is 34.3 Å². The molecule has 2 N–H and O–H groups in total. The van der Waals surface area contributed by atoms with Crippen LogP contribution in [0.2, 0.25) is 10.2 Å². The number of anilines is 1. The average molecular weight is 458 g/mol. The van der Waals surface area contributed by atoms with E-state index in [-0.39, 0.29) is 16.9 Å². The van der Waals surface area contributed by atoms with Crippen molar-refractivity contribution < 1.29 is 8.42 Å². The van der Waals surface area contributed by atoms with Crippen LogP contribution in [0.5, 0.6) is 0 Å². The number of nitrogens with zero attached hydrogens (tertiary/aromatic N) is 4. The summed E-state index contributed by atoms with van der Waals surface area (Å²) in [5.41, 5.74) is 6.30. The quantitative estimate of drug-likeness (QED) is 0.706. The second-order valence-electron chi connectivity index (χ2n) is 6.16. The van der Waals surface area contributed by atoms with Gasteiger partial charge in [-0.25, -0.2) is 27.7 Å². The molecule has 0 saturated carbocycles. The Hall–Kier alpha value is -1.57. The zero-order valence-electron chi connectivity index (χ0n) is 14.9. The predicted octanol–water partition coefficient (Wildman–Crippen LogP) is 2.93. The van der Waals surface area contributed by atoms with Crippen molar-refractivity contribution in [3.8, 4) is 11.8 Å². The van der Waals surface area contributed by atoms with Crippen molar-refractivity contribution >= 4 is 50.8 Å². The van der Waals surface area contributed by atoms with E-state index in [2.05, 4.69) is 26.8 Å². The smallest absolute Gasteiger partial charge is 0.211 e. The molecule has 1 fully saturated rings. The van der Waals surface area contributed by atoms with Crippen LogP contribution >= 0.6 is 35.0 Å². The third-order valence-corrected chi connectivity index (χ3v) is 7.16.